The van der Waals surface area contributed by atoms with Crippen LogP contribution < -0.4 is 0 Å². The monoisotopic (exact) mass is 290 g/mol. The van der Waals surface area contributed by atoms with Crippen molar-refractivity contribution in [3.05, 3.63) is 71.8 Å². The average Bonchev–Trinajstić information content (AvgIpc) is 2.76. The van der Waals surface area contributed by atoms with Crippen molar-refractivity contribution in [3.8, 4) is 0 Å². The Hall–Kier alpha value is -1.04. The van der Waals surface area contributed by atoms with Gasteiger partial charge in [-0.15, -0.1) is 0 Å². The number of rotatable bonds is 2. The van der Waals surface area contributed by atoms with E-state index in [1.54, 1.807) is 0 Å². The largest absolute Gasteiger partial charge is 0.305 e. The third-order valence-corrected chi connectivity index (χ3v) is 8.16. The molecule has 2 atom stereocenters. The molecule has 1 aliphatic heterocycles. The van der Waals surface area contributed by atoms with Crippen molar-refractivity contribution in [1.82, 2.24) is 0 Å². The molecule has 3 rings (SSSR count). The summed E-state index contributed by atoms with van der Waals surface area (Å²) in [5.41, 5.74) is 2.22. The predicted molar refractivity (Wildman–Crippen MR) is 81.1 cm³/mol. The van der Waals surface area contributed by atoms with Crippen molar-refractivity contribution in [3.63, 3.8) is 0 Å². The molecule has 0 aliphatic carbocycles. The Morgan fingerprint density at radius 1 is 0.789 bits per heavy atom. The zero-order valence-corrected chi connectivity index (χ0v) is 12.2. The molecule has 19 heavy (non-hydrogen) atoms. The molecule has 98 valence electrons. The van der Waals surface area contributed by atoms with Crippen LogP contribution in [0.1, 0.15) is 35.3 Å². The molecule has 0 saturated carbocycles. The molecule has 3 heteroatoms. The van der Waals surface area contributed by atoms with E-state index in [1.165, 1.54) is 0 Å². The van der Waals surface area contributed by atoms with Gasteiger partial charge in [0.25, 0.3) is 0 Å². The van der Waals surface area contributed by atoms with Crippen molar-refractivity contribution < 1.29 is 4.57 Å². The zero-order valence-electron chi connectivity index (χ0n) is 10.6. The Labute approximate surface area is 118 Å². The first kappa shape index (κ1) is 13.0. The van der Waals surface area contributed by atoms with Crippen molar-refractivity contribution in [1.29, 1.82) is 0 Å². The Morgan fingerprint density at radius 2 is 1.16 bits per heavy atom. The molecule has 0 radical (unpaired) electrons. The summed E-state index contributed by atoms with van der Waals surface area (Å²) in [6.45, 7) is -2.74. The fourth-order valence-electron chi connectivity index (χ4n) is 2.98. The molecule has 0 bridgehead atoms. The van der Waals surface area contributed by atoms with Gasteiger partial charge in [0.05, 0.1) is 11.3 Å². The molecule has 0 spiro atoms. The van der Waals surface area contributed by atoms with Crippen LogP contribution in [0.5, 0.6) is 0 Å². The number of hydrogen-bond acceptors (Lipinski definition) is 1. The first-order chi connectivity index (χ1) is 9.19. The minimum atomic E-state index is -2.74. The van der Waals surface area contributed by atoms with Crippen LogP contribution >= 0.6 is 17.7 Å². The molecule has 0 unspecified atom stereocenters. The number of hydrogen-bond donors (Lipinski definition) is 0. The quantitative estimate of drug-likeness (QED) is 0.641. The summed E-state index contributed by atoms with van der Waals surface area (Å²) in [6, 6.07) is 20.0. The summed E-state index contributed by atoms with van der Waals surface area (Å²) >= 11 is 6.52. The molecule has 1 nitrogen and oxygen atoms in total. The Balaban J connectivity index is 1.95. The van der Waals surface area contributed by atoms with Crippen molar-refractivity contribution in [2.75, 3.05) is 0 Å². The maximum absolute atomic E-state index is 13.0. The van der Waals surface area contributed by atoms with Crippen LogP contribution in [0.15, 0.2) is 60.7 Å². The summed E-state index contributed by atoms with van der Waals surface area (Å²) in [5.74, 6) is 0. The minimum Gasteiger partial charge on any atom is -0.305 e. The molecule has 0 amide bonds. The van der Waals surface area contributed by atoms with E-state index in [-0.39, 0.29) is 11.3 Å². The molecular weight excluding hydrogens is 275 g/mol. The summed E-state index contributed by atoms with van der Waals surface area (Å²) in [4.78, 5) is 0. The highest BCUT2D eigenvalue weighted by Gasteiger charge is 2.46. The van der Waals surface area contributed by atoms with E-state index < -0.39 is 6.49 Å². The first-order valence-corrected chi connectivity index (χ1v) is 9.33. The maximum atomic E-state index is 13.0. The van der Waals surface area contributed by atoms with E-state index in [4.69, 9.17) is 11.2 Å². The summed E-state index contributed by atoms with van der Waals surface area (Å²) in [5, 5.41) is 0. The SMILES string of the molecule is O=P1(Cl)[C@@H](c2ccccc2)CC[C@@H]1c1ccccc1. The van der Waals surface area contributed by atoms with Crippen LogP contribution in [-0.4, -0.2) is 0 Å². The molecule has 1 heterocycles. The smallest absolute Gasteiger partial charge is 0.183 e. The van der Waals surface area contributed by atoms with E-state index >= 15 is 0 Å². The lowest BCUT2D eigenvalue weighted by molar-refractivity contribution is 0.577. The lowest BCUT2D eigenvalue weighted by Gasteiger charge is -2.20. The lowest BCUT2D eigenvalue weighted by atomic mass is 10.0. The fraction of sp³-hybridized carbons (Fsp3) is 0.250. The van der Waals surface area contributed by atoms with Crippen molar-refractivity contribution in [2.45, 2.75) is 24.2 Å². The maximum Gasteiger partial charge on any atom is 0.183 e. The first-order valence-electron chi connectivity index (χ1n) is 6.58. The van der Waals surface area contributed by atoms with Crippen LogP contribution in [0.2, 0.25) is 0 Å². The summed E-state index contributed by atoms with van der Waals surface area (Å²) in [6.07, 6.45) is 1.81. The van der Waals surface area contributed by atoms with E-state index in [2.05, 4.69) is 0 Å². The highest BCUT2D eigenvalue weighted by atomic mass is 35.7. The number of halogens is 1. The molecule has 0 aromatic heterocycles. The van der Waals surface area contributed by atoms with Crippen LogP contribution in [0.4, 0.5) is 0 Å². The van der Waals surface area contributed by atoms with Crippen LogP contribution in [-0.2, 0) is 4.57 Å². The Kier molecular flexibility index (Phi) is 3.52. The second-order valence-electron chi connectivity index (χ2n) is 5.05. The minimum absolute atomic E-state index is 0.000530. The summed E-state index contributed by atoms with van der Waals surface area (Å²) < 4.78 is 13.0. The highest BCUT2D eigenvalue weighted by Crippen LogP contribution is 2.79. The molecule has 1 aliphatic rings. The van der Waals surface area contributed by atoms with Gasteiger partial charge in [-0.1, -0.05) is 71.9 Å². The highest BCUT2D eigenvalue weighted by molar-refractivity contribution is 7.89. The zero-order chi connectivity index (χ0) is 13.3. The normalized spacial score (nSPS) is 25.3. The molecule has 0 N–H and O–H groups in total. The molecule has 2 aromatic rings. The predicted octanol–water partition coefficient (Wildman–Crippen LogP) is 5.78. The molecular formula is C16H16ClOP. The van der Waals surface area contributed by atoms with Gasteiger partial charge in [-0.3, -0.25) is 0 Å². The molecule has 1 saturated heterocycles. The van der Waals surface area contributed by atoms with Crippen molar-refractivity contribution >= 4 is 17.7 Å². The van der Waals surface area contributed by atoms with Crippen LogP contribution in [0.25, 0.3) is 0 Å². The van der Waals surface area contributed by atoms with Gasteiger partial charge in [0, 0.05) is 0 Å². The van der Waals surface area contributed by atoms with E-state index in [9.17, 15) is 4.57 Å². The van der Waals surface area contributed by atoms with Gasteiger partial charge in [-0.25, -0.2) is 0 Å². The van der Waals surface area contributed by atoms with Crippen LogP contribution in [0, 0.1) is 0 Å². The fourth-order valence-corrected chi connectivity index (χ4v) is 6.83. The standard InChI is InChI=1S/C16H16ClOP/c17-19(18)15(13-7-3-1-4-8-13)11-12-16(19)14-9-5-2-6-10-14/h1-10,15-16H,11-12H2/t15-,16-/m1/s1. The topological polar surface area (TPSA) is 17.1 Å². The Bertz CT molecular complexity index is 545. The average molecular weight is 291 g/mol. The molecule has 2 aromatic carbocycles. The van der Waals surface area contributed by atoms with Gasteiger partial charge >= 0.3 is 0 Å². The van der Waals surface area contributed by atoms with Gasteiger partial charge in [0.15, 0.2) is 6.49 Å². The van der Waals surface area contributed by atoms with Gasteiger partial charge in [0.2, 0.25) is 0 Å². The van der Waals surface area contributed by atoms with Gasteiger partial charge in [0.1, 0.15) is 0 Å². The van der Waals surface area contributed by atoms with E-state index in [0.29, 0.717) is 0 Å². The second-order valence-corrected chi connectivity index (χ2v) is 9.13. The third kappa shape index (κ3) is 2.38. The van der Waals surface area contributed by atoms with E-state index in [1.807, 2.05) is 60.7 Å². The lowest BCUT2D eigenvalue weighted by Crippen LogP contribution is -1.93. The van der Waals surface area contributed by atoms with Gasteiger partial charge in [-0.05, 0) is 24.0 Å². The second kappa shape index (κ2) is 5.15. The van der Waals surface area contributed by atoms with Crippen LogP contribution in [0.3, 0.4) is 0 Å². The number of benzene rings is 2. The van der Waals surface area contributed by atoms with E-state index in [0.717, 1.165) is 24.0 Å². The van der Waals surface area contributed by atoms with Gasteiger partial charge in [-0.2, -0.15) is 0 Å². The van der Waals surface area contributed by atoms with Gasteiger partial charge < -0.3 is 4.57 Å². The Morgan fingerprint density at radius 3 is 1.53 bits per heavy atom. The van der Waals surface area contributed by atoms with Crippen molar-refractivity contribution in [2.24, 2.45) is 0 Å². The molecule has 1 fully saturated rings. The third-order valence-electron chi connectivity index (χ3n) is 3.93. The summed E-state index contributed by atoms with van der Waals surface area (Å²) in [7, 11) is 0.